The van der Waals surface area contributed by atoms with Crippen molar-refractivity contribution >= 4 is 0 Å². The van der Waals surface area contributed by atoms with Gasteiger partial charge in [0.15, 0.2) is 0 Å². The van der Waals surface area contributed by atoms with E-state index in [1.807, 2.05) is 6.07 Å². The third kappa shape index (κ3) is 2.07. The standard InChI is InChI=1S/C11H14FN/c12-10-3-1-2-8(5-10)4-9-6-11(13)7-9/h1-3,5,9,11H,4,6-7,13H2. The summed E-state index contributed by atoms with van der Waals surface area (Å²) in [5.74, 6) is 0.540. The summed E-state index contributed by atoms with van der Waals surface area (Å²) in [4.78, 5) is 0. The van der Waals surface area contributed by atoms with Crippen LogP contribution in [0.5, 0.6) is 0 Å². The highest BCUT2D eigenvalue weighted by molar-refractivity contribution is 5.17. The van der Waals surface area contributed by atoms with Crippen LogP contribution in [0.2, 0.25) is 0 Å². The van der Waals surface area contributed by atoms with Gasteiger partial charge in [0.25, 0.3) is 0 Å². The Hall–Kier alpha value is -0.890. The molecule has 0 atom stereocenters. The summed E-state index contributed by atoms with van der Waals surface area (Å²) in [5, 5.41) is 0. The highest BCUT2D eigenvalue weighted by Crippen LogP contribution is 2.28. The van der Waals surface area contributed by atoms with Crippen LogP contribution in [0.3, 0.4) is 0 Å². The molecule has 1 aromatic carbocycles. The van der Waals surface area contributed by atoms with Gasteiger partial charge in [-0.15, -0.1) is 0 Å². The molecule has 1 aliphatic carbocycles. The van der Waals surface area contributed by atoms with Gasteiger partial charge in [0, 0.05) is 6.04 Å². The van der Waals surface area contributed by atoms with E-state index in [1.165, 1.54) is 6.07 Å². The number of halogens is 1. The second-order valence-corrected chi connectivity index (χ2v) is 3.93. The molecule has 0 radical (unpaired) electrons. The lowest BCUT2D eigenvalue weighted by Gasteiger charge is -2.32. The van der Waals surface area contributed by atoms with Gasteiger partial charge in [0.05, 0.1) is 0 Å². The highest BCUT2D eigenvalue weighted by atomic mass is 19.1. The van der Waals surface area contributed by atoms with E-state index in [9.17, 15) is 4.39 Å². The molecule has 0 heterocycles. The van der Waals surface area contributed by atoms with Crippen LogP contribution in [-0.4, -0.2) is 6.04 Å². The van der Waals surface area contributed by atoms with E-state index in [0.717, 1.165) is 24.8 Å². The van der Waals surface area contributed by atoms with E-state index < -0.39 is 0 Å². The predicted octanol–water partition coefficient (Wildman–Crippen LogP) is 2.11. The Morgan fingerprint density at radius 1 is 1.38 bits per heavy atom. The summed E-state index contributed by atoms with van der Waals surface area (Å²) >= 11 is 0. The zero-order chi connectivity index (χ0) is 9.26. The number of hydrogen-bond acceptors (Lipinski definition) is 1. The van der Waals surface area contributed by atoms with Gasteiger partial charge < -0.3 is 5.73 Å². The summed E-state index contributed by atoms with van der Waals surface area (Å²) in [6, 6.07) is 7.23. The lowest BCUT2D eigenvalue weighted by Crippen LogP contribution is -2.37. The van der Waals surface area contributed by atoms with Crippen molar-refractivity contribution in [2.45, 2.75) is 25.3 Å². The van der Waals surface area contributed by atoms with Crippen molar-refractivity contribution in [2.24, 2.45) is 11.7 Å². The Morgan fingerprint density at radius 2 is 2.15 bits per heavy atom. The molecular formula is C11H14FN. The minimum Gasteiger partial charge on any atom is -0.328 e. The molecule has 0 aromatic heterocycles. The lowest BCUT2D eigenvalue weighted by atomic mass is 9.77. The van der Waals surface area contributed by atoms with Gasteiger partial charge in [-0.05, 0) is 42.9 Å². The van der Waals surface area contributed by atoms with Gasteiger partial charge in [0.2, 0.25) is 0 Å². The van der Waals surface area contributed by atoms with Gasteiger partial charge in [-0.3, -0.25) is 0 Å². The molecular weight excluding hydrogens is 165 g/mol. The quantitative estimate of drug-likeness (QED) is 0.739. The number of rotatable bonds is 2. The molecule has 0 spiro atoms. The van der Waals surface area contributed by atoms with Gasteiger partial charge in [-0.1, -0.05) is 12.1 Å². The maximum atomic E-state index is 12.8. The van der Waals surface area contributed by atoms with Crippen LogP contribution in [0.25, 0.3) is 0 Å². The Kier molecular flexibility index (Phi) is 2.32. The molecule has 1 aliphatic rings. The maximum absolute atomic E-state index is 12.8. The summed E-state index contributed by atoms with van der Waals surface area (Å²) < 4.78 is 12.8. The third-order valence-electron chi connectivity index (χ3n) is 2.69. The smallest absolute Gasteiger partial charge is 0.123 e. The van der Waals surface area contributed by atoms with Crippen molar-refractivity contribution in [1.29, 1.82) is 0 Å². The minimum atomic E-state index is -0.138. The molecule has 1 saturated carbocycles. The van der Waals surface area contributed by atoms with Crippen LogP contribution < -0.4 is 5.73 Å². The van der Waals surface area contributed by atoms with Crippen molar-refractivity contribution < 1.29 is 4.39 Å². The van der Waals surface area contributed by atoms with Crippen LogP contribution in [0, 0.1) is 11.7 Å². The molecule has 2 rings (SSSR count). The first-order valence-corrected chi connectivity index (χ1v) is 4.74. The van der Waals surface area contributed by atoms with E-state index in [-0.39, 0.29) is 5.82 Å². The van der Waals surface area contributed by atoms with Crippen molar-refractivity contribution in [2.75, 3.05) is 0 Å². The molecule has 0 unspecified atom stereocenters. The Bertz CT molecular complexity index is 292. The lowest BCUT2D eigenvalue weighted by molar-refractivity contribution is 0.264. The van der Waals surface area contributed by atoms with Gasteiger partial charge in [-0.25, -0.2) is 4.39 Å². The summed E-state index contributed by atoms with van der Waals surface area (Å²) in [6.07, 6.45) is 3.17. The zero-order valence-corrected chi connectivity index (χ0v) is 7.54. The van der Waals surface area contributed by atoms with E-state index in [0.29, 0.717) is 12.0 Å². The number of hydrogen-bond donors (Lipinski definition) is 1. The van der Waals surface area contributed by atoms with Crippen molar-refractivity contribution in [3.05, 3.63) is 35.6 Å². The summed E-state index contributed by atoms with van der Waals surface area (Å²) in [6.45, 7) is 0. The molecule has 0 bridgehead atoms. The topological polar surface area (TPSA) is 26.0 Å². The highest BCUT2D eigenvalue weighted by Gasteiger charge is 2.25. The van der Waals surface area contributed by atoms with Crippen LogP contribution in [-0.2, 0) is 6.42 Å². The van der Waals surface area contributed by atoms with Crippen LogP contribution in [0.4, 0.5) is 4.39 Å². The molecule has 70 valence electrons. The van der Waals surface area contributed by atoms with Crippen molar-refractivity contribution in [1.82, 2.24) is 0 Å². The molecule has 1 fully saturated rings. The van der Waals surface area contributed by atoms with Crippen LogP contribution in [0.15, 0.2) is 24.3 Å². The zero-order valence-electron chi connectivity index (χ0n) is 7.54. The number of nitrogens with two attached hydrogens (primary N) is 1. The predicted molar refractivity (Wildman–Crippen MR) is 50.8 cm³/mol. The van der Waals surface area contributed by atoms with Crippen LogP contribution in [0.1, 0.15) is 18.4 Å². The first-order chi connectivity index (χ1) is 6.24. The largest absolute Gasteiger partial charge is 0.328 e. The molecule has 0 amide bonds. The third-order valence-corrected chi connectivity index (χ3v) is 2.69. The van der Waals surface area contributed by atoms with Crippen molar-refractivity contribution in [3.63, 3.8) is 0 Å². The Balaban J connectivity index is 1.94. The van der Waals surface area contributed by atoms with E-state index >= 15 is 0 Å². The Labute approximate surface area is 77.8 Å². The monoisotopic (exact) mass is 179 g/mol. The minimum absolute atomic E-state index is 0.138. The first kappa shape index (κ1) is 8.70. The molecule has 1 aromatic rings. The normalized spacial score (nSPS) is 26.9. The Morgan fingerprint density at radius 3 is 2.77 bits per heavy atom. The molecule has 0 aliphatic heterocycles. The second-order valence-electron chi connectivity index (χ2n) is 3.93. The fourth-order valence-electron chi connectivity index (χ4n) is 1.95. The molecule has 0 saturated heterocycles. The molecule has 1 nitrogen and oxygen atoms in total. The fraction of sp³-hybridized carbons (Fsp3) is 0.455. The van der Waals surface area contributed by atoms with Crippen molar-refractivity contribution in [3.8, 4) is 0 Å². The average Bonchev–Trinajstić information content (AvgIpc) is 2.01. The van der Waals surface area contributed by atoms with Gasteiger partial charge >= 0.3 is 0 Å². The van der Waals surface area contributed by atoms with Gasteiger partial charge in [-0.2, -0.15) is 0 Å². The molecule has 13 heavy (non-hydrogen) atoms. The SMILES string of the molecule is NC1CC(Cc2cccc(F)c2)C1. The number of benzene rings is 1. The van der Waals surface area contributed by atoms with Crippen LogP contribution >= 0.6 is 0 Å². The summed E-state index contributed by atoms with van der Waals surface area (Å²) in [7, 11) is 0. The maximum Gasteiger partial charge on any atom is 0.123 e. The summed E-state index contributed by atoms with van der Waals surface area (Å²) in [5.41, 5.74) is 6.77. The first-order valence-electron chi connectivity index (χ1n) is 4.74. The van der Waals surface area contributed by atoms with Gasteiger partial charge in [0.1, 0.15) is 5.82 Å². The fourth-order valence-corrected chi connectivity index (χ4v) is 1.95. The van der Waals surface area contributed by atoms with E-state index in [4.69, 9.17) is 5.73 Å². The van der Waals surface area contributed by atoms with E-state index in [1.54, 1.807) is 12.1 Å². The second kappa shape index (κ2) is 3.46. The average molecular weight is 179 g/mol. The molecule has 2 N–H and O–H groups in total. The van der Waals surface area contributed by atoms with E-state index in [2.05, 4.69) is 0 Å². The molecule has 2 heteroatoms.